The van der Waals surface area contributed by atoms with Gasteiger partial charge in [0.05, 0.1) is 23.1 Å². The van der Waals surface area contributed by atoms with Crippen LogP contribution in [-0.4, -0.2) is 31.8 Å². The molecule has 26 heavy (non-hydrogen) atoms. The summed E-state index contributed by atoms with van der Waals surface area (Å²) in [5, 5.41) is 7.51. The molecule has 0 saturated heterocycles. The molecular formula is C19H21FN6. The van der Waals surface area contributed by atoms with E-state index in [1.807, 2.05) is 18.2 Å². The molecule has 1 aliphatic rings. The summed E-state index contributed by atoms with van der Waals surface area (Å²) in [4.78, 5) is 8.75. The van der Waals surface area contributed by atoms with Gasteiger partial charge in [-0.3, -0.25) is 0 Å². The lowest BCUT2D eigenvalue weighted by molar-refractivity contribution is 0.410. The molecule has 0 aliphatic heterocycles. The molecule has 3 N–H and O–H groups in total. The van der Waals surface area contributed by atoms with E-state index >= 15 is 0 Å². The van der Waals surface area contributed by atoms with E-state index in [1.54, 1.807) is 24.4 Å². The van der Waals surface area contributed by atoms with Crippen LogP contribution < -0.4 is 11.1 Å². The van der Waals surface area contributed by atoms with Gasteiger partial charge in [-0.15, -0.1) is 0 Å². The summed E-state index contributed by atoms with van der Waals surface area (Å²) in [6.45, 7) is 0. The number of anilines is 1. The van der Waals surface area contributed by atoms with Gasteiger partial charge in [0.1, 0.15) is 0 Å². The fraction of sp³-hybridized carbons (Fsp3) is 0.316. The molecule has 3 aromatic rings. The summed E-state index contributed by atoms with van der Waals surface area (Å²) >= 11 is 0. The summed E-state index contributed by atoms with van der Waals surface area (Å²) in [6, 6.07) is 11.5. The molecule has 0 amide bonds. The Morgan fingerprint density at radius 2 is 1.85 bits per heavy atom. The average molecular weight is 352 g/mol. The predicted molar refractivity (Wildman–Crippen MR) is 98.4 cm³/mol. The smallest absolute Gasteiger partial charge is 0.225 e. The summed E-state index contributed by atoms with van der Waals surface area (Å²) in [6.07, 6.45) is 7.11. The molecule has 0 bridgehead atoms. The van der Waals surface area contributed by atoms with Crippen molar-refractivity contribution in [3.63, 3.8) is 0 Å². The molecule has 4 rings (SSSR count). The fourth-order valence-corrected chi connectivity index (χ4v) is 3.28. The van der Waals surface area contributed by atoms with Crippen LogP contribution in [0.15, 0.2) is 48.8 Å². The zero-order valence-corrected chi connectivity index (χ0v) is 14.3. The average Bonchev–Trinajstić information content (AvgIpc) is 3.06. The lowest BCUT2D eigenvalue weighted by Crippen LogP contribution is -2.33. The Kier molecular flexibility index (Phi) is 4.62. The second kappa shape index (κ2) is 7.21. The Morgan fingerprint density at radius 3 is 2.62 bits per heavy atom. The van der Waals surface area contributed by atoms with Crippen LogP contribution in [0.25, 0.3) is 16.9 Å². The van der Waals surface area contributed by atoms with Crippen molar-refractivity contribution in [2.45, 2.75) is 37.8 Å². The SMILES string of the molecule is NC1CCC(Nc2nccc(-c3cnn(-c4ccccc4)c3F)n2)CC1. The van der Waals surface area contributed by atoms with Gasteiger partial charge in [0.15, 0.2) is 0 Å². The topological polar surface area (TPSA) is 81.6 Å². The minimum atomic E-state index is -0.440. The molecule has 0 unspecified atom stereocenters. The fourth-order valence-electron chi connectivity index (χ4n) is 3.28. The molecule has 2 aromatic heterocycles. The first kappa shape index (κ1) is 16.7. The quantitative estimate of drug-likeness (QED) is 0.754. The largest absolute Gasteiger partial charge is 0.351 e. The zero-order chi connectivity index (χ0) is 17.9. The van der Waals surface area contributed by atoms with Crippen molar-refractivity contribution < 1.29 is 4.39 Å². The van der Waals surface area contributed by atoms with E-state index in [0.717, 1.165) is 25.7 Å². The number of rotatable bonds is 4. The Morgan fingerprint density at radius 1 is 1.08 bits per heavy atom. The summed E-state index contributed by atoms with van der Waals surface area (Å²) in [5.74, 6) is 0.0688. The monoisotopic (exact) mass is 352 g/mol. The van der Waals surface area contributed by atoms with Crippen molar-refractivity contribution in [3.05, 3.63) is 54.7 Å². The molecule has 7 heteroatoms. The molecule has 1 aliphatic carbocycles. The van der Waals surface area contributed by atoms with Crippen molar-refractivity contribution in [2.75, 3.05) is 5.32 Å². The first-order chi connectivity index (χ1) is 12.7. The Bertz CT molecular complexity index is 871. The number of halogens is 1. The van der Waals surface area contributed by atoms with E-state index in [1.165, 1.54) is 10.9 Å². The van der Waals surface area contributed by atoms with Gasteiger partial charge in [0.2, 0.25) is 11.9 Å². The van der Waals surface area contributed by atoms with Crippen molar-refractivity contribution in [1.29, 1.82) is 0 Å². The molecule has 6 nitrogen and oxygen atoms in total. The molecule has 134 valence electrons. The maximum Gasteiger partial charge on any atom is 0.225 e. The molecule has 0 atom stereocenters. The van der Waals surface area contributed by atoms with Crippen LogP contribution in [-0.2, 0) is 0 Å². The van der Waals surface area contributed by atoms with Gasteiger partial charge < -0.3 is 11.1 Å². The van der Waals surface area contributed by atoms with Crippen LogP contribution in [0.2, 0.25) is 0 Å². The molecule has 1 saturated carbocycles. The maximum atomic E-state index is 14.8. The second-order valence-corrected chi connectivity index (χ2v) is 6.62. The lowest BCUT2D eigenvalue weighted by Gasteiger charge is -2.26. The zero-order valence-electron chi connectivity index (χ0n) is 14.3. The van der Waals surface area contributed by atoms with Crippen molar-refractivity contribution in [1.82, 2.24) is 19.7 Å². The lowest BCUT2D eigenvalue weighted by atomic mass is 9.92. The number of hydrogen-bond donors (Lipinski definition) is 2. The number of para-hydroxylation sites is 1. The first-order valence-corrected chi connectivity index (χ1v) is 8.85. The van der Waals surface area contributed by atoms with Crippen LogP contribution in [0.1, 0.15) is 25.7 Å². The highest BCUT2D eigenvalue weighted by Crippen LogP contribution is 2.24. The number of nitrogens with one attached hydrogen (secondary N) is 1. The third kappa shape index (κ3) is 3.43. The van der Waals surface area contributed by atoms with Crippen molar-refractivity contribution >= 4 is 5.95 Å². The van der Waals surface area contributed by atoms with Gasteiger partial charge in [-0.1, -0.05) is 18.2 Å². The van der Waals surface area contributed by atoms with E-state index in [4.69, 9.17) is 5.73 Å². The first-order valence-electron chi connectivity index (χ1n) is 8.85. The highest BCUT2D eigenvalue weighted by Gasteiger charge is 2.20. The van der Waals surface area contributed by atoms with Crippen molar-refractivity contribution in [3.8, 4) is 16.9 Å². The van der Waals surface area contributed by atoms with E-state index < -0.39 is 5.95 Å². The molecule has 1 fully saturated rings. The van der Waals surface area contributed by atoms with Gasteiger partial charge in [-0.05, 0) is 43.9 Å². The molecule has 0 radical (unpaired) electrons. The third-order valence-electron chi connectivity index (χ3n) is 4.75. The molecule has 2 heterocycles. The van der Waals surface area contributed by atoms with E-state index in [0.29, 0.717) is 35.0 Å². The summed E-state index contributed by atoms with van der Waals surface area (Å²) in [5.41, 5.74) is 7.48. The molecule has 1 aromatic carbocycles. The van der Waals surface area contributed by atoms with Crippen molar-refractivity contribution in [2.24, 2.45) is 5.73 Å². The number of benzene rings is 1. The Labute approximate surface area is 151 Å². The van der Waals surface area contributed by atoms with E-state index in [9.17, 15) is 4.39 Å². The molecule has 0 spiro atoms. The third-order valence-corrected chi connectivity index (χ3v) is 4.75. The Balaban J connectivity index is 1.56. The standard InChI is InChI=1S/C19H21FN6/c20-18-16(12-23-26(18)15-4-2-1-3-5-15)17-10-11-22-19(25-17)24-14-8-6-13(21)7-9-14/h1-5,10-14H,6-9,21H2,(H,22,24,25). The van der Waals surface area contributed by atoms with Gasteiger partial charge in [0.25, 0.3) is 0 Å². The van der Waals surface area contributed by atoms with E-state index in [2.05, 4.69) is 20.4 Å². The van der Waals surface area contributed by atoms with Gasteiger partial charge >= 0.3 is 0 Å². The van der Waals surface area contributed by atoms with Crippen LogP contribution in [0.4, 0.5) is 10.3 Å². The summed E-state index contributed by atoms with van der Waals surface area (Å²) < 4.78 is 16.1. The highest BCUT2D eigenvalue weighted by molar-refractivity contribution is 5.59. The van der Waals surface area contributed by atoms with Gasteiger partial charge in [0, 0.05) is 18.3 Å². The second-order valence-electron chi connectivity index (χ2n) is 6.62. The number of aromatic nitrogens is 4. The number of nitrogens with two attached hydrogens (primary N) is 1. The normalized spacial score (nSPS) is 20.1. The minimum Gasteiger partial charge on any atom is -0.351 e. The van der Waals surface area contributed by atoms with E-state index in [-0.39, 0.29) is 0 Å². The Hall–Kier alpha value is -2.80. The summed E-state index contributed by atoms with van der Waals surface area (Å²) in [7, 11) is 0. The minimum absolute atomic E-state index is 0.290. The maximum absolute atomic E-state index is 14.8. The van der Waals surface area contributed by atoms with Crippen LogP contribution in [0.5, 0.6) is 0 Å². The number of nitrogens with zero attached hydrogens (tertiary/aromatic N) is 4. The van der Waals surface area contributed by atoms with Crippen LogP contribution in [0.3, 0.4) is 0 Å². The van der Waals surface area contributed by atoms with Crippen LogP contribution in [0, 0.1) is 5.95 Å². The van der Waals surface area contributed by atoms with Crippen LogP contribution >= 0.6 is 0 Å². The predicted octanol–water partition coefficient (Wildman–Crippen LogP) is 3.15. The molecular weight excluding hydrogens is 331 g/mol. The van der Waals surface area contributed by atoms with Gasteiger partial charge in [-0.25, -0.2) is 14.6 Å². The van der Waals surface area contributed by atoms with Gasteiger partial charge in [-0.2, -0.15) is 9.49 Å². The number of hydrogen-bond acceptors (Lipinski definition) is 5. The highest BCUT2D eigenvalue weighted by atomic mass is 19.1.